The zero-order valence-electron chi connectivity index (χ0n) is 18.9. The summed E-state index contributed by atoms with van der Waals surface area (Å²) in [5.74, 6) is 0.774. The lowest BCUT2D eigenvalue weighted by molar-refractivity contribution is -0.157. The van der Waals surface area contributed by atoms with Crippen LogP contribution < -0.4 is 0 Å². The van der Waals surface area contributed by atoms with Crippen molar-refractivity contribution in [1.29, 1.82) is 5.26 Å². The molecular formula is C27H32F3NO2. The van der Waals surface area contributed by atoms with Crippen molar-refractivity contribution >= 4 is 5.97 Å². The third kappa shape index (κ3) is 7.77. The van der Waals surface area contributed by atoms with E-state index in [1.54, 1.807) is 18.2 Å². The molecule has 178 valence electrons. The van der Waals surface area contributed by atoms with Gasteiger partial charge in [-0.25, -0.2) is 0 Å². The molecular weight excluding hydrogens is 427 g/mol. The molecule has 0 aliphatic heterocycles. The van der Waals surface area contributed by atoms with Crippen molar-refractivity contribution in [3.05, 3.63) is 59.7 Å². The van der Waals surface area contributed by atoms with Crippen molar-refractivity contribution in [2.75, 3.05) is 0 Å². The van der Waals surface area contributed by atoms with E-state index in [2.05, 4.69) is 6.08 Å². The normalized spacial score (nSPS) is 26.4. The highest BCUT2D eigenvalue weighted by molar-refractivity contribution is 5.72. The van der Waals surface area contributed by atoms with Gasteiger partial charge in [-0.1, -0.05) is 30.4 Å². The summed E-state index contributed by atoms with van der Waals surface area (Å²) in [6.07, 6.45) is 11.9. The SMILES string of the molecule is N#CC=CC=CCCC1CCC(C(=O)OC2CCC(c3ccc(C(F)(F)F)cc3)CC2)CC1. The van der Waals surface area contributed by atoms with Gasteiger partial charge in [-0.3, -0.25) is 4.79 Å². The fourth-order valence-corrected chi connectivity index (χ4v) is 5.01. The standard InChI is InChI=1S/C27H32F3NO2/c28-27(29,30)24-15-11-21(12-16-24)22-13-17-25(18-14-22)33-26(32)23-9-7-20(8-10-23)6-4-2-1-3-5-19-31/h1-3,5,11-12,15-16,20,22-23,25H,4,6-10,13-14,17-18H2. The highest BCUT2D eigenvalue weighted by Crippen LogP contribution is 2.37. The molecule has 0 unspecified atom stereocenters. The molecule has 1 aromatic carbocycles. The third-order valence-electron chi connectivity index (χ3n) is 7.01. The minimum atomic E-state index is -4.31. The first-order valence-corrected chi connectivity index (χ1v) is 12.0. The van der Waals surface area contributed by atoms with Crippen LogP contribution in [0.2, 0.25) is 0 Å². The highest BCUT2D eigenvalue weighted by Gasteiger charge is 2.32. The van der Waals surface area contributed by atoms with Crippen LogP contribution in [0.4, 0.5) is 13.2 Å². The van der Waals surface area contributed by atoms with Crippen LogP contribution in [0.3, 0.4) is 0 Å². The summed E-state index contributed by atoms with van der Waals surface area (Å²) >= 11 is 0. The molecule has 3 nitrogen and oxygen atoms in total. The minimum absolute atomic E-state index is 0.0111. The Bertz CT molecular complexity index is 851. The number of carbonyl (C=O) groups is 1. The number of alkyl halides is 3. The molecule has 0 N–H and O–H groups in total. The molecule has 0 radical (unpaired) electrons. The molecule has 2 fully saturated rings. The first kappa shape index (κ1) is 25.1. The Morgan fingerprint density at radius 2 is 1.67 bits per heavy atom. The summed E-state index contributed by atoms with van der Waals surface area (Å²) in [4.78, 5) is 12.6. The zero-order chi connectivity index (χ0) is 23.7. The Kier molecular flexibility index (Phi) is 9.17. The van der Waals surface area contributed by atoms with Crippen molar-refractivity contribution in [2.45, 2.75) is 82.4 Å². The number of hydrogen-bond acceptors (Lipinski definition) is 3. The van der Waals surface area contributed by atoms with E-state index in [1.165, 1.54) is 6.08 Å². The van der Waals surface area contributed by atoms with Gasteiger partial charge in [0.25, 0.3) is 0 Å². The van der Waals surface area contributed by atoms with Crippen LogP contribution >= 0.6 is 0 Å². The van der Waals surface area contributed by atoms with E-state index in [4.69, 9.17) is 10.00 Å². The smallest absolute Gasteiger partial charge is 0.416 e. The van der Waals surface area contributed by atoms with Crippen molar-refractivity contribution in [3.63, 3.8) is 0 Å². The molecule has 6 heteroatoms. The number of carbonyl (C=O) groups excluding carboxylic acids is 1. The number of halogens is 3. The predicted molar refractivity (Wildman–Crippen MR) is 121 cm³/mol. The Morgan fingerprint density at radius 3 is 2.27 bits per heavy atom. The van der Waals surface area contributed by atoms with Gasteiger partial charge >= 0.3 is 12.1 Å². The maximum Gasteiger partial charge on any atom is 0.416 e. The maximum absolute atomic E-state index is 12.8. The van der Waals surface area contributed by atoms with E-state index in [0.29, 0.717) is 5.92 Å². The van der Waals surface area contributed by atoms with E-state index >= 15 is 0 Å². The summed E-state index contributed by atoms with van der Waals surface area (Å²) in [7, 11) is 0. The fraction of sp³-hybridized carbons (Fsp3) is 0.556. The first-order chi connectivity index (χ1) is 15.9. The van der Waals surface area contributed by atoms with Gasteiger partial charge in [0.1, 0.15) is 6.10 Å². The second-order valence-electron chi connectivity index (χ2n) is 9.24. The molecule has 33 heavy (non-hydrogen) atoms. The Morgan fingerprint density at radius 1 is 1.00 bits per heavy atom. The van der Waals surface area contributed by atoms with E-state index < -0.39 is 11.7 Å². The molecule has 1 aromatic rings. The second kappa shape index (κ2) is 12.1. The lowest BCUT2D eigenvalue weighted by Crippen LogP contribution is -2.29. The van der Waals surface area contributed by atoms with Crippen molar-refractivity contribution in [2.24, 2.45) is 11.8 Å². The lowest BCUT2D eigenvalue weighted by atomic mass is 9.79. The van der Waals surface area contributed by atoms with Crippen LogP contribution in [0.25, 0.3) is 0 Å². The van der Waals surface area contributed by atoms with Gasteiger partial charge in [-0.15, -0.1) is 0 Å². The van der Waals surface area contributed by atoms with Gasteiger partial charge in [0.2, 0.25) is 0 Å². The first-order valence-electron chi connectivity index (χ1n) is 12.0. The second-order valence-corrected chi connectivity index (χ2v) is 9.24. The fourth-order valence-electron chi connectivity index (χ4n) is 5.01. The Hall–Kier alpha value is -2.55. The monoisotopic (exact) mass is 459 g/mol. The molecule has 0 aromatic heterocycles. The van der Waals surface area contributed by atoms with Gasteiger partial charge in [-0.05, 0) is 93.7 Å². The van der Waals surface area contributed by atoms with Crippen molar-refractivity contribution in [1.82, 2.24) is 0 Å². The number of hydrogen-bond donors (Lipinski definition) is 0. The number of ether oxygens (including phenoxy) is 1. The quantitative estimate of drug-likeness (QED) is 0.241. The van der Waals surface area contributed by atoms with E-state index in [0.717, 1.165) is 81.9 Å². The number of esters is 1. The van der Waals surface area contributed by atoms with Crippen LogP contribution in [0.5, 0.6) is 0 Å². The van der Waals surface area contributed by atoms with Gasteiger partial charge in [0, 0.05) is 6.08 Å². The van der Waals surface area contributed by atoms with Crippen molar-refractivity contribution < 1.29 is 22.7 Å². The van der Waals surface area contributed by atoms with Crippen LogP contribution in [0, 0.1) is 23.2 Å². The maximum atomic E-state index is 12.8. The molecule has 3 rings (SSSR count). The Labute approximate surface area is 194 Å². The van der Waals surface area contributed by atoms with Crippen LogP contribution in [0.15, 0.2) is 48.6 Å². The minimum Gasteiger partial charge on any atom is -0.462 e. The number of allylic oxidation sites excluding steroid dienone is 4. The summed E-state index contributed by atoms with van der Waals surface area (Å²) in [6, 6.07) is 7.42. The molecule has 2 aliphatic carbocycles. The highest BCUT2D eigenvalue weighted by atomic mass is 19.4. The van der Waals surface area contributed by atoms with Crippen LogP contribution in [-0.4, -0.2) is 12.1 Å². The van der Waals surface area contributed by atoms with Crippen LogP contribution in [0.1, 0.15) is 81.3 Å². The van der Waals surface area contributed by atoms with Gasteiger partial charge < -0.3 is 4.74 Å². The molecule has 0 saturated heterocycles. The summed E-state index contributed by atoms with van der Waals surface area (Å²) in [5.41, 5.74) is 0.315. The molecule has 0 heterocycles. The van der Waals surface area contributed by atoms with Gasteiger partial charge in [0.15, 0.2) is 0 Å². The number of nitrogens with zero attached hydrogens (tertiary/aromatic N) is 1. The largest absolute Gasteiger partial charge is 0.462 e. The summed E-state index contributed by atoms with van der Waals surface area (Å²) in [6.45, 7) is 0. The van der Waals surface area contributed by atoms with Gasteiger partial charge in [0.05, 0.1) is 17.6 Å². The van der Waals surface area contributed by atoms with Crippen molar-refractivity contribution in [3.8, 4) is 6.07 Å². The number of rotatable bonds is 7. The third-order valence-corrected chi connectivity index (χ3v) is 7.01. The van der Waals surface area contributed by atoms with Crippen LogP contribution in [-0.2, 0) is 15.7 Å². The van der Waals surface area contributed by atoms with E-state index in [1.807, 2.05) is 12.1 Å². The number of nitriles is 1. The van der Waals surface area contributed by atoms with E-state index in [-0.39, 0.29) is 23.9 Å². The topological polar surface area (TPSA) is 50.1 Å². The molecule has 2 saturated carbocycles. The summed E-state index contributed by atoms with van der Waals surface area (Å²) < 4.78 is 44.1. The van der Waals surface area contributed by atoms with Gasteiger partial charge in [-0.2, -0.15) is 18.4 Å². The molecule has 0 bridgehead atoms. The number of benzene rings is 1. The average molecular weight is 460 g/mol. The average Bonchev–Trinajstić information content (AvgIpc) is 2.82. The Balaban J connectivity index is 1.35. The summed E-state index contributed by atoms with van der Waals surface area (Å²) in [5, 5.41) is 8.45. The zero-order valence-corrected chi connectivity index (χ0v) is 18.9. The van der Waals surface area contributed by atoms with E-state index in [9.17, 15) is 18.0 Å². The molecule has 0 spiro atoms. The lowest BCUT2D eigenvalue weighted by Gasteiger charge is -2.31. The predicted octanol–water partition coefficient (Wildman–Crippen LogP) is 7.50. The molecule has 2 aliphatic rings. The molecule has 0 amide bonds. The molecule has 0 atom stereocenters.